The zero-order chi connectivity index (χ0) is 17.1. The van der Waals surface area contributed by atoms with Gasteiger partial charge in [-0.2, -0.15) is 5.10 Å². The number of carbonyl (C=O) groups excluding carboxylic acids is 1. The monoisotopic (exact) mass is 327 g/mol. The number of hydrogen-bond acceptors (Lipinski definition) is 4. The molecule has 2 N–H and O–H groups in total. The lowest BCUT2D eigenvalue weighted by atomic mass is 10.1. The maximum Gasteiger partial charge on any atom is 0.320 e. The van der Waals surface area contributed by atoms with E-state index in [0.717, 1.165) is 35.1 Å². The van der Waals surface area contributed by atoms with Gasteiger partial charge in [-0.25, -0.2) is 4.79 Å². The van der Waals surface area contributed by atoms with E-state index >= 15 is 0 Å². The highest BCUT2D eigenvalue weighted by Crippen LogP contribution is 2.19. The Kier molecular flexibility index (Phi) is 4.45. The normalized spacial score (nSPS) is 11.0. The second kappa shape index (κ2) is 6.69. The Balaban J connectivity index is 1.64. The number of fused-ring (bicyclic) bond motifs is 1. The molecule has 0 saturated carbocycles. The van der Waals surface area contributed by atoms with Crippen LogP contribution in [0.1, 0.15) is 24.6 Å². The van der Waals surface area contributed by atoms with Gasteiger partial charge in [0.15, 0.2) is 5.82 Å². The summed E-state index contributed by atoms with van der Waals surface area (Å²) in [7, 11) is 1.90. The molecule has 8 nitrogen and oxygen atoms in total. The van der Waals surface area contributed by atoms with E-state index < -0.39 is 0 Å². The minimum atomic E-state index is -0.329. The van der Waals surface area contributed by atoms with Gasteiger partial charge in [0.2, 0.25) is 0 Å². The average molecular weight is 327 g/mol. The predicted molar refractivity (Wildman–Crippen MR) is 91.6 cm³/mol. The van der Waals surface area contributed by atoms with Gasteiger partial charge in [-0.3, -0.25) is 14.7 Å². The Labute approximate surface area is 139 Å². The second-order valence-corrected chi connectivity index (χ2v) is 5.77. The van der Waals surface area contributed by atoms with Crippen molar-refractivity contribution in [1.82, 2.24) is 30.1 Å². The maximum atomic E-state index is 12.0. The van der Waals surface area contributed by atoms with Crippen molar-refractivity contribution in [2.45, 2.75) is 33.4 Å². The number of rotatable bonds is 5. The van der Waals surface area contributed by atoms with Gasteiger partial charge in [-0.15, -0.1) is 5.10 Å². The fraction of sp³-hybridized carbons (Fsp3) is 0.375. The zero-order valence-corrected chi connectivity index (χ0v) is 14.1. The van der Waals surface area contributed by atoms with E-state index in [9.17, 15) is 4.79 Å². The number of amides is 2. The SMILES string of the molecule is CCCn1cc(NC(=O)NCc2nn(C)c3ccc(C)cc23)nn1. The number of nitrogens with zero attached hydrogens (tertiary/aromatic N) is 5. The predicted octanol–water partition coefficient (Wildman–Crippen LogP) is 2.20. The first-order valence-corrected chi connectivity index (χ1v) is 7.94. The largest absolute Gasteiger partial charge is 0.332 e. The topological polar surface area (TPSA) is 89.7 Å². The lowest BCUT2D eigenvalue weighted by Crippen LogP contribution is -2.28. The standard InChI is InChI=1S/C16H21N7O/c1-4-7-23-10-15(19-21-23)18-16(24)17-9-13-12-8-11(2)5-6-14(12)22(3)20-13/h5-6,8,10H,4,7,9H2,1-3H3,(H2,17,18,24). The lowest BCUT2D eigenvalue weighted by molar-refractivity contribution is 0.251. The molecule has 0 aliphatic heterocycles. The first-order chi connectivity index (χ1) is 11.6. The van der Waals surface area contributed by atoms with Crippen LogP contribution in [0.3, 0.4) is 0 Å². The first kappa shape index (κ1) is 16.0. The molecule has 2 amide bonds. The number of urea groups is 1. The molecule has 0 atom stereocenters. The Morgan fingerprint density at radius 1 is 1.33 bits per heavy atom. The molecule has 1 aromatic carbocycles. The number of nitrogens with one attached hydrogen (secondary N) is 2. The summed E-state index contributed by atoms with van der Waals surface area (Å²) < 4.78 is 3.52. The van der Waals surface area contributed by atoms with Crippen molar-refractivity contribution in [1.29, 1.82) is 0 Å². The molecular formula is C16H21N7O. The van der Waals surface area contributed by atoms with Crippen LogP contribution in [0, 0.1) is 6.92 Å². The summed E-state index contributed by atoms with van der Waals surface area (Å²) in [5.41, 5.74) is 3.04. The lowest BCUT2D eigenvalue weighted by Gasteiger charge is -2.04. The molecule has 2 heterocycles. The molecule has 0 aliphatic carbocycles. The van der Waals surface area contributed by atoms with Crippen LogP contribution in [-0.4, -0.2) is 30.8 Å². The molecule has 0 unspecified atom stereocenters. The summed E-state index contributed by atoms with van der Waals surface area (Å²) in [6, 6.07) is 5.83. The molecule has 0 fully saturated rings. The quantitative estimate of drug-likeness (QED) is 0.752. The van der Waals surface area contributed by atoms with Crippen LogP contribution in [0.4, 0.5) is 10.6 Å². The molecule has 0 aliphatic rings. The highest BCUT2D eigenvalue weighted by atomic mass is 16.2. The Bertz CT molecular complexity index is 865. The summed E-state index contributed by atoms with van der Waals surface area (Å²) in [6.07, 6.45) is 2.67. The van der Waals surface area contributed by atoms with Crippen LogP contribution in [0.2, 0.25) is 0 Å². The van der Waals surface area contributed by atoms with Crippen molar-refractivity contribution in [2.75, 3.05) is 5.32 Å². The summed E-state index contributed by atoms with van der Waals surface area (Å²) >= 11 is 0. The molecule has 126 valence electrons. The summed E-state index contributed by atoms with van der Waals surface area (Å²) in [5, 5.41) is 18.9. The highest BCUT2D eigenvalue weighted by Gasteiger charge is 2.11. The third-order valence-corrected chi connectivity index (χ3v) is 3.73. The van der Waals surface area contributed by atoms with Crippen LogP contribution < -0.4 is 10.6 Å². The van der Waals surface area contributed by atoms with Crippen molar-refractivity contribution in [3.63, 3.8) is 0 Å². The smallest absolute Gasteiger partial charge is 0.320 e. The van der Waals surface area contributed by atoms with E-state index in [1.807, 2.05) is 30.8 Å². The van der Waals surface area contributed by atoms with E-state index in [2.05, 4.69) is 39.0 Å². The maximum absolute atomic E-state index is 12.0. The Morgan fingerprint density at radius 2 is 2.17 bits per heavy atom. The van der Waals surface area contributed by atoms with E-state index in [1.54, 1.807) is 10.9 Å². The minimum Gasteiger partial charge on any atom is -0.332 e. The molecular weight excluding hydrogens is 306 g/mol. The minimum absolute atomic E-state index is 0.329. The average Bonchev–Trinajstić information content (AvgIpc) is 3.10. The van der Waals surface area contributed by atoms with Crippen LogP contribution >= 0.6 is 0 Å². The van der Waals surface area contributed by atoms with Crippen molar-refractivity contribution in [3.8, 4) is 0 Å². The van der Waals surface area contributed by atoms with Crippen molar-refractivity contribution in [2.24, 2.45) is 7.05 Å². The number of hydrogen-bond donors (Lipinski definition) is 2. The molecule has 24 heavy (non-hydrogen) atoms. The molecule has 3 rings (SSSR count). The highest BCUT2D eigenvalue weighted by molar-refractivity contribution is 5.88. The van der Waals surface area contributed by atoms with Crippen LogP contribution in [-0.2, 0) is 20.1 Å². The third kappa shape index (κ3) is 3.37. The fourth-order valence-corrected chi connectivity index (χ4v) is 2.60. The van der Waals surface area contributed by atoms with Crippen molar-refractivity contribution < 1.29 is 4.79 Å². The number of carbonyl (C=O) groups is 1. The summed E-state index contributed by atoms with van der Waals surface area (Å²) in [5.74, 6) is 0.433. The van der Waals surface area contributed by atoms with E-state index in [0.29, 0.717) is 12.4 Å². The third-order valence-electron chi connectivity index (χ3n) is 3.73. The molecule has 0 bridgehead atoms. The van der Waals surface area contributed by atoms with E-state index in [4.69, 9.17) is 0 Å². The van der Waals surface area contributed by atoms with Gasteiger partial charge in [0.05, 0.1) is 24.0 Å². The van der Waals surface area contributed by atoms with Crippen LogP contribution in [0.5, 0.6) is 0 Å². The molecule has 0 radical (unpaired) electrons. The zero-order valence-electron chi connectivity index (χ0n) is 14.1. The number of anilines is 1. The van der Waals surface area contributed by atoms with E-state index in [1.165, 1.54) is 0 Å². The van der Waals surface area contributed by atoms with Gasteiger partial charge >= 0.3 is 6.03 Å². The molecule has 3 aromatic rings. The fourth-order valence-electron chi connectivity index (χ4n) is 2.60. The van der Waals surface area contributed by atoms with Gasteiger partial charge in [-0.05, 0) is 25.5 Å². The van der Waals surface area contributed by atoms with Gasteiger partial charge in [-0.1, -0.05) is 23.8 Å². The summed E-state index contributed by atoms with van der Waals surface area (Å²) in [6.45, 7) is 5.21. The molecule has 0 spiro atoms. The van der Waals surface area contributed by atoms with E-state index in [-0.39, 0.29) is 6.03 Å². The van der Waals surface area contributed by atoms with Crippen LogP contribution in [0.15, 0.2) is 24.4 Å². The van der Waals surface area contributed by atoms with Crippen molar-refractivity contribution in [3.05, 3.63) is 35.7 Å². The molecule has 2 aromatic heterocycles. The Morgan fingerprint density at radius 3 is 2.96 bits per heavy atom. The molecule has 8 heteroatoms. The second-order valence-electron chi connectivity index (χ2n) is 5.77. The van der Waals surface area contributed by atoms with Gasteiger partial charge in [0, 0.05) is 19.0 Å². The van der Waals surface area contributed by atoms with Gasteiger partial charge in [0.1, 0.15) is 0 Å². The number of aryl methyl sites for hydroxylation is 3. The summed E-state index contributed by atoms with van der Waals surface area (Å²) in [4.78, 5) is 12.0. The van der Waals surface area contributed by atoms with Crippen molar-refractivity contribution >= 4 is 22.8 Å². The first-order valence-electron chi connectivity index (χ1n) is 7.94. The van der Waals surface area contributed by atoms with Crippen LogP contribution in [0.25, 0.3) is 10.9 Å². The van der Waals surface area contributed by atoms with Gasteiger partial charge < -0.3 is 5.32 Å². The number of aromatic nitrogens is 5. The van der Waals surface area contributed by atoms with Gasteiger partial charge in [0.25, 0.3) is 0 Å². The molecule has 0 saturated heterocycles. The Hall–Kier alpha value is -2.90. The number of benzene rings is 1.